The normalized spacial score (nSPS) is 21.1. The van der Waals surface area contributed by atoms with Gasteiger partial charge in [0.2, 0.25) is 0 Å². The first-order chi connectivity index (χ1) is 11.7. The Kier molecular flexibility index (Phi) is 6.03. The van der Waals surface area contributed by atoms with Gasteiger partial charge in [0.25, 0.3) is 0 Å². The van der Waals surface area contributed by atoms with E-state index in [9.17, 15) is 4.39 Å². The molecule has 0 saturated heterocycles. The molecule has 128 valence electrons. The molecule has 0 N–H and O–H groups in total. The predicted molar refractivity (Wildman–Crippen MR) is 98.7 cm³/mol. The minimum Gasteiger partial charge on any atom is -0.306 e. The molecule has 2 aromatic rings. The highest BCUT2D eigenvalue weighted by Gasteiger charge is 2.24. The third-order valence-electron chi connectivity index (χ3n) is 5.32. The van der Waals surface area contributed by atoms with Crippen molar-refractivity contribution in [1.29, 1.82) is 0 Å². The smallest absolute Gasteiger partial charge is 0.123 e. The van der Waals surface area contributed by atoms with E-state index in [0.29, 0.717) is 5.92 Å². The fourth-order valence-electron chi connectivity index (χ4n) is 3.99. The van der Waals surface area contributed by atoms with Gasteiger partial charge in [-0.2, -0.15) is 0 Å². The Morgan fingerprint density at radius 1 is 1.00 bits per heavy atom. The summed E-state index contributed by atoms with van der Waals surface area (Å²) in [6, 6.07) is 17.9. The van der Waals surface area contributed by atoms with Crippen LogP contribution in [0.25, 0.3) is 0 Å². The number of hydrogen-bond donors (Lipinski definition) is 0. The molecule has 1 aliphatic rings. The van der Waals surface area contributed by atoms with Gasteiger partial charge >= 0.3 is 0 Å². The second kappa shape index (κ2) is 8.43. The van der Waals surface area contributed by atoms with E-state index in [-0.39, 0.29) is 5.82 Å². The lowest BCUT2D eigenvalue weighted by Gasteiger charge is -2.32. The van der Waals surface area contributed by atoms with E-state index < -0.39 is 0 Å². The van der Waals surface area contributed by atoms with Gasteiger partial charge in [0.15, 0.2) is 0 Å². The molecule has 1 fully saturated rings. The van der Waals surface area contributed by atoms with Crippen LogP contribution in [0.1, 0.15) is 42.7 Å². The van der Waals surface area contributed by atoms with Gasteiger partial charge in [0.1, 0.15) is 5.82 Å². The standard InChI is InChI=1S/C22H28FN/c1-24(15-14-18-6-3-2-4-7-18)17-19-8-5-9-21(16-19)20-10-12-22(23)13-11-20/h2-4,6-7,10-13,19,21H,5,8-9,14-17H2,1H3/t19-,21?/m1/s1. The molecule has 1 nitrogen and oxygen atoms in total. The summed E-state index contributed by atoms with van der Waals surface area (Å²) in [6.07, 6.45) is 6.22. The number of likely N-dealkylation sites (N-methyl/N-ethyl adjacent to an activating group) is 1. The van der Waals surface area contributed by atoms with Crippen LogP contribution in [0.4, 0.5) is 4.39 Å². The topological polar surface area (TPSA) is 3.24 Å². The highest BCUT2D eigenvalue weighted by atomic mass is 19.1. The molecule has 0 radical (unpaired) electrons. The zero-order valence-electron chi connectivity index (χ0n) is 14.6. The molecule has 0 aliphatic heterocycles. The summed E-state index contributed by atoms with van der Waals surface area (Å²) < 4.78 is 13.1. The van der Waals surface area contributed by atoms with Crippen molar-refractivity contribution >= 4 is 0 Å². The van der Waals surface area contributed by atoms with Crippen LogP contribution < -0.4 is 0 Å². The van der Waals surface area contributed by atoms with E-state index in [2.05, 4.69) is 42.3 Å². The first-order valence-corrected chi connectivity index (χ1v) is 9.18. The van der Waals surface area contributed by atoms with Crippen LogP contribution >= 0.6 is 0 Å². The Bertz CT molecular complexity index is 608. The molecular formula is C22H28FN. The van der Waals surface area contributed by atoms with Gasteiger partial charge in [-0.1, -0.05) is 48.9 Å². The zero-order valence-corrected chi connectivity index (χ0v) is 14.6. The molecule has 2 atom stereocenters. The SMILES string of the molecule is CN(CCc1ccccc1)C[C@@H]1CCCC(c2ccc(F)cc2)C1. The average molecular weight is 325 g/mol. The molecule has 0 heterocycles. The van der Waals surface area contributed by atoms with Crippen molar-refractivity contribution in [1.82, 2.24) is 4.90 Å². The molecular weight excluding hydrogens is 297 g/mol. The van der Waals surface area contributed by atoms with Crippen molar-refractivity contribution < 1.29 is 4.39 Å². The number of benzene rings is 2. The van der Waals surface area contributed by atoms with Crippen LogP contribution in [0.5, 0.6) is 0 Å². The molecule has 2 heteroatoms. The van der Waals surface area contributed by atoms with Crippen molar-refractivity contribution in [3.05, 3.63) is 71.5 Å². The second-order valence-corrected chi connectivity index (χ2v) is 7.28. The van der Waals surface area contributed by atoms with Crippen molar-refractivity contribution in [2.45, 2.75) is 38.0 Å². The van der Waals surface area contributed by atoms with Crippen molar-refractivity contribution in [3.63, 3.8) is 0 Å². The number of rotatable bonds is 6. The largest absolute Gasteiger partial charge is 0.306 e. The number of nitrogens with zero attached hydrogens (tertiary/aromatic N) is 1. The van der Waals surface area contributed by atoms with Gasteiger partial charge in [0, 0.05) is 13.1 Å². The Hall–Kier alpha value is -1.67. The zero-order chi connectivity index (χ0) is 16.8. The van der Waals surface area contributed by atoms with Crippen molar-refractivity contribution in [2.24, 2.45) is 5.92 Å². The van der Waals surface area contributed by atoms with E-state index in [0.717, 1.165) is 18.9 Å². The summed E-state index contributed by atoms with van der Waals surface area (Å²) in [6.45, 7) is 2.28. The summed E-state index contributed by atoms with van der Waals surface area (Å²) in [7, 11) is 2.24. The summed E-state index contributed by atoms with van der Waals surface area (Å²) in [5.41, 5.74) is 2.73. The van der Waals surface area contributed by atoms with Crippen molar-refractivity contribution in [3.8, 4) is 0 Å². The van der Waals surface area contributed by atoms with Crippen LogP contribution in [-0.4, -0.2) is 25.0 Å². The van der Waals surface area contributed by atoms with Gasteiger partial charge in [-0.3, -0.25) is 0 Å². The van der Waals surface area contributed by atoms with Crippen LogP contribution in [-0.2, 0) is 6.42 Å². The van der Waals surface area contributed by atoms with E-state index in [1.807, 2.05) is 12.1 Å². The maximum atomic E-state index is 13.1. The third kappa shape index (κ3) is 4.91. The first kappa shape index (κ1) is 17.2. The second-order valence-electron chi connectivity index (χ2n) is 7.28. The number of hydrogen-bond acceptors (Lipinski definition) is 1. The maximum absolute atomic E-state index is 13.1. The molecule has 3 rings (SSSR count). The Morgan fingerprint density at radius 2 is 1.75 bits per heavy atom. The van der Waals surface area contributed by atoms with Crippen LogP contribution in [0.2, 0.25) is 0 Å². The summed E-state index contributed by atoms with van der Waals surface area (Å²) in [4.78, 5) is 2.48. The summed E-state index contributed by atoms with van der Waals surface area (Å²) in [5.74, 6) is 1.23. The average Bonchev–Trinajstić information content (AvgIpc) is 2.62. The third-order valence-corrected chi connectivity index (χ3v) is 5.32. The quantitative estimate of drug-likeness (QED) is 0.699. The molecule has 0 aromatic heterocycles. The van der Waals surface area contributed by atoms with Gasteiger partial charge in [-0.05, 0) is 67.8 Å². The molecule has 2 aromatic carbocycles. The van der Waals surface area contributed by atoms with E-state index >= 15 is 0 Å². The maximum Gasteiger partial charge on any atom is 0.123 e. The fourth-order valence-corrected chi connectivity index (χ4v) is 3.99. The fraction of sp³-hybridized carbons (Fsp3) is 0.455. The molecule has 0 bridgehead atoms. The van der Waals surface area contributed by atoms with Crippen LogP contribution in [0.15, 0.2) is 54.6 Å². The predicted octanol–water partition coefficient (Wildman–Crippen LogP) is 5.27. The highest BCUT2D eigenvalue weighted by Crippen LogP contribution is 2.36. The Morgan fingerprint density at radius 3 is 2.50 bits per heavy atom. The summed E-state index contributed by atoms with van der Waals surface area (Å²) in [5, 5.41) is 0. The van der Waals surface area contributed by atoms with E-state index in [1.54, 1.807) is 12.1 Å². The van der Waals surface area contributed by atoms with Gasteiger partial charge < -0.3 is 4.90 Å². The molecule has 0 amide bonds. The van der Waals surface area contributed by atoms with Gasteiger partial charge in [-0.15, -0.1) is 0 Å². The minimum atomic E-state index is -0.133. The highest BCUT2D eigenvalue weighted by molar-refractivity contribution is 5.21. The molecule has 1 aliphatic carbocycles. The first-order valence-electron chi connectivity index (χ1n) is 9.18. The van der Waals surface area contributed by atoms with Crippen molar-refractivity contribution in [2.75, 3.05) is 20.1 Å². The number of halogens is 1. The lowest BCUT2D eigenvalue weighted by atomic mass is 9.78. The van der Waals surface area contributed by atoms with Gasteiger partial charge in [-0.25, -0.2) is 4.39 Å². The molecule has 1 unspecified atom stereocenters. The van der Waals surface area contributed by atoms with E-state index in [1.165, 1.54) is 43.4 Å². The minimum absolute atomic E-state index is 0.133. The van der Waals surface area contributed by atoms with Gasteiger partial charge in [0.05, 0.1) is 0 Å². The lowest BCUT2D eigenvalue weighted by molar-refractivity contribution is 0.222. The monoisotopic (exact) mass is 325 g/mol. The van der Waals surface area contributed by atoms with Crippen LogP contribution in [0, 0.1) is 11.7 Å². The molecule has 24 heavy (non-hydrogen) atoms. The Labute approximate surface area is 145 Å². The Balaban J connectivity index is 1.48. The lowest BCUT2D eigenvalue weighted by Crippen LogP contribution is -2.30. The van der Waals surface area contributed by atoms with E-state index in [4.69, 9.17) is 0 Å². The molecule has 1 saturated carbocycles. The molecule has 0 spiro atoms. The van der Waals surface area contributed by atoms with Crippen LogP contribution in [0.3, 0.4) is 0 Å². The summed E-state index contributed by atoms with van der Waals surface area (Å²) >= 11 is 0.